The molecule has 1 aromatic heterocycles. The van der Waals surface area contributed by atoms with Gasteiger partial charge in [-0.3, -0.25) is 0 Å². The van der Waals surface area contributed by atoms with Gasteiger partial charge in [0.25, 0.3) is 0 Å². The van der Waals surface area contributed by atoms with Gasteiger partial charge in [0.1, 0.15) is 5.82 Å². The predicted molar refractivity (Wildman–Crippen MR) is 73.1 cm³/mol. The molecule has 100 valence electrons. The summed E-state index contributed by atoms with van der Waals surface area (Å²) in [6.07, 6.45) is 8.71. The van der Waals surface area contributed by atoms with E-state index in [-0.39, 0.29) is 5.60 Å². The topological polar surface area (TPSA) is 47.0 Å². The van der Waals surface area contributed by atoms with E-state index in [1.54, 1.807) is 0 Å². The third-order valence-electron chi connectivity index (χ3n) is 4.11. The average Bonchev–Trinajstić information content (AvgIpc) is 2.76. The summed E-state index contributed by atoms with van der Waals surface area (Å²) >= 11 is 1.47. The summed E-state index contributed by atoms with van der Waals surface area (Å²) in [6.45, 7) is 2.82. The standard InChI is InChI=1S/C13H21N3OS/c1-10-14-12(18-16-10)15-11-5-8-17-13(9-11)6-3-2-4-7-13/h11H,2-9H2,1H3,(H,14,15,16)/t11-/m1/s1. The van der Waals surface area contributed by atoms with Crippen molar-refractivity contribution in [2.75, 3.05) is 11.9 Å². The number of rotatable bonds is 2. The van der Waals surface area contributed by atoms with Crippen LogP contribution in [0.4, 0.5) is 5.13 Å². The van der Waals surface area contributed by atoms with E-state index in [4.69, 9.17) is 4.74 Å². The van der Waals surface area contributed by atoms with Crippen LogP contribution in [0.5, 0.6) is 0 Å². The lowest BCUT2D eigenvalue weighted by atomic mass is 9.78. The van der Waals surface area contributed by atoms with Gasteiger partial charge in [-0.15, -0.1) is 0 Å². The molecule has 1 aromatic rings. The van der Waals surface area contributed by atoms with Crippen LogP contribution in [0.1, 0.15) is 50.8 Å². The van der Waals surface area contributed by atoms with Gasteiger partial charge in [0.15, 0.2) is 0 Å². The molecule has 1 saturated carbocycles. The summed E-state index contributed by atoms with van der Waals surface area (Å²) in [6, 6.07) is 0.504. The van der Waals surface area contributed by atoms with Crippen molar-refractivity contribution in [3.8, 4) is 0 Å². The fourth-order valence-corrected chi connectivity index (χ4v) is 3.88. The molecule has 2 aliphatic rings. The second kappa shape index (κ2) is 5.13. The Hall–Kier alpha value is -0.680. The summed E-state index contributed by atoms with van der Waals surface area (Å²) in [4.78, 5) is 4.39. The zero-order valence-electron chi connectivity index (χ0n) is 10.9. The lowest BCUT2D eigenvalue weighted by molar-refractivity contribution is -0.103. The Kier molecular flexibility index (Phi) is 3.52. The minimum absolute atomic E-state index is 0.161. The number of aromatic nitrogens is 2. The summed E-state index contributed by atoms with van der Waals surface area (Å²) in [5.41, 5.74) is 0.161. The summed E-state index contributed by atoms with van der Waals surface area (Å²) in [5.74, 6) is 0.863. The molecule has 1 atom stereocenters. The van der Waals surface area contributed by atoms with Crippen molar-refractivity contribution < 1.29 is 4.74 Å². The zero-order valence-corrected chi connectivity index (χ0v) is 11.8. The molecule has 1 aliphatic heterocycles. The number of hydrogen-bond donors (Lipinski definition) is 1. The maximum atomic E-state index is 6.11. The second-order valence-electron chi connectivity index (χ2n) is 5.57. The SMILES string of the molecule is Cc1nsc(N[C@@H]2CCOC3(CCCCC3)C2)n1. The van der Waals surface area contributed by atoms with Crippen LogP contribution in [-0.2, 0) is 4.74 Å². The predicted octanol–water partition coefficient (Wildman–Crippen LogP) is 3.14. The van der Waals surface area contributed by atoms with Crippen LogP contribution in [0.3, 0.4) is 0 Å². The van der Waals surface area contributed by atoms with Gasteiger partial charge in [0.05, 0.1) is 5.60 Å². The number of anilines is 1. The minimum Gasteiger partial charge on any atom is -0.375 e. The van der Waals surface area contributed by atoms with Crippen LogP contribution in [-0.4, -0.2) is 27.6 Å². The van der Waals surface area contributed by atoms with E-state index in [0.717, 1.165) is 30.4 Å². The third kappa shape index (κ3) is 2.67. The van der Waals surface area contributed by atoms with E-state index in [2.05, 4.69) is 14.7 Å². The molecule has 2 heterocycles. The van der Waals surface area contributed by atoms with Gasteiger partial charge in [0.2, 0.25) is 5.13 Å². The van der Waals surface area contributed by atoms with Gasteiger partial charge in [-0.05, 0) is 32.6 Å². The van der Waals surface area contributed by atoms with Crippen molar-refractivity contribution in [1.29, 1.82) is 0 Å². The Morgan fingerprint density at radius 3 is 2.89 bits per heavy atom. The third-order valence-corrected chi connectivity index (χ3v) is 4.85. The molecule has 1 N–H and O–H groups in total. The van der Waals surface area contributed by atoms with Gasteiger partial charge in [-0.1, -0.05) is 19.3 Å². The van der Waals surface area contributed by atoms with Gasteiger partial charge >= 0.3 is 0 Å². The molecule has 18 heavy (non-hydrogen) atoms. The van der Waals surface area contributed by atoms with Crippen molar-refractivity contribution in [2.24, 2.45) is 0 Å². The van der Waals surface area contributed by atoms with Crippen molar-refractivity contribution >= 4 is 16.7 Å². The molecule has 4 nitrogen and oxygen atoms in total. The largest absolute Gasteiger partial charge is 0.375 e. The summed E-state index contributed by atoms with van der Waals surface area (Å²) < 4.78 is 10.3. The molecule has 0 aromatic carbocycles. The van der Waals surface area contributed by atoms with E-state index >= 15 is 0 Å². The van der Waals surface area contributed by atoms with Gasteiger partial charge in [-0.2, -0.15) is 4.37 Å². The van der Waals surface area contributed by atoms with Gasteiger partial charge in [0, 0.05) is 24.2 Å². The maximum Gasteiger partial charge on any atom is 0.202 e. The number of hydrogen-bond acceptors (Lipinski definition) is 5. The molecule has 0 amide bonds. The van der Waals surface area contributed by atoms with E-state index in [0.29, 0.717) is 6.04 Å². The van der Waals surface area contributed by atoms with Crippen LogP contribution in [0.15, 0.2) is 0 Å². The molecule has 1 aliphatic carbocycles. The number of aryl methyl sites for hydroxylation is 1. The normalized spacial score (nSPS) is 27.3. The molecule has 1 spiro atoms. The monoisotopic (exact) mass is 267 g/mol. The van der Waals surface area contributed by atoms with Crippen LogP contribution >= 0.6 is 11.5 Å². The fourth-order valence-electron chi connectivity index (χ4n) is 3.23. The molecular formula is C13H21N3OS. The first kappa shape index (κ1) is 12.4. The highest BCUT2D eigenvalue weighted by atomic mass is 32.1. The van der Waals surface area contributed by atoms with E-state index < -0.39 is 0 Å². The van der Waals surface area contributed by atoms with Crippen LogP contribution in [0.25, 0.3) is 0 Å². The smallest absolute Gasteiger partial charge is 0.202 e. The number of ether oxygens (including phenoxy) is 1. The molecule has 5 heteroatoms. The Morgan fingerprint density at radius 1 is 1.33 bits per heavy atom. The first-order valence-corrected chi connectivity index (χ1v) is 7.74. The highest BCUT2D eigenvalue weighted by molar-refractivity contribution is 7.09. The van der Waals surface area contributed by atoms with E-state index in [9.17, 15) is 0 Å². The quantitative estimate of drug-likeness (QED) is 0.894. The Bertz CT molecular complexity index is 395. The van der Waals surface area contributed by atoms with Crippen molar-refractivity contribution in [1.82, 2.24) is 9.36 Å². The van der Waals surface area contributed by atoms with Crippen molar-refractivity contribution in [2.45, 2.75) is 63.5 Å². The molecule has 0 radical (unpaired) electrons. The Morgan fingerprint density at radius 2 is 2.17 bits per heavy atom. The first-order chi connectivity index (χ1) is 8.76. The van der Waals surface area contributed by atoms with Gasteiger partial charge < -0.3 is 10.1 Å². The Labute approximate surface area is 112 Å². The van der Waals surface area contributed by atoms with Crippen LogP contribution in [0, 0.1) is 6.92 Å². The van der Waals surface area contributed by atoms with Crippen LogP contribution < -0.4 is 5.32 Å². The lowest BCUT2D eigenvalue weighted by Gasteiger charge is -2.43. The number of nitrogens with one attached hydrogen (secondary N) is 1. The van der Waals surface area contributed by atoms with Gasteiger partial charge in [-0.25, -0.2) is 4.98 Å². The molecule has 3 rings (SSSR count). The molecule has 0 unspecified atom stereocenters. The fraction of sp³-hybridized carbons (Fsp3) is 0.846. The van der Waals surface area contributed by atoms with E-state index in [1.165, 1.54) is 43.6 Å². The average molecular weight is 267 g/mol. The first-order valence-electron chi connectivity index (χ1n) is 6.97. The molecule has 1 saturated heterocycles. The highest BCUT2D eigenvalue weighted by Crippen LogP contribution is 2.39. The lowest BCUT2D eigenvalue weighted by Crippen LogP contribution is -2.45. The number of nitrogens with zero attached hydrogens (tertiary/aromatic N) is 2. The van der Waals surface area contributed by atoms with Crippen molar-refractivity contribution in [3.63, 3.8) is 0 Å². The van der Waals surface area contributed by atoms with Crippen LogP contribution in [0.2, 0.25) is 0 Å². The zero-order chi connectivity index (χ0) is 12.4. The van der Waals surface area contributed by atoms with Crippen molar-refractivity contribution in [3.05, 3.63) is 5.82 Å². The minimum atomic E-state index is 0.161. The summed E-state index contributed by atoms with van der Waals surface area (Å²) in [7, 11) is 0. The van der Waals surface area contributed by atoms with E-state index in [1.807, 2.05) is 6.92 Å². The molecule has 2 fully saturated rings. The summed E-state index contributed by atoms with van der Waals surface area (Å²) in [5, 5.41) is 4.50. The Balaban J connectivity index is 1.63. The maximum absolute atomic E-state index is 6.11. The molecular weight excluding hydrogens is 246 g/mol. The second-order valence-corrected chi connectivity index (χ2v) is 6.32. The highest BCUT2D eigenvalue weighted by Gasteiger charge is 2.38. The molecule has 0 bridgehead atoms.